The second-order valence-electron chi connectivity index (χ2n) is 3.88. The van der Waals surface area contributed by atoms with Crippen LogP contribution in [0.15, 0.2) is 51.7 Å². The van der Waals surface area contributed by atoms with E-state index in [1.54, 1.807) is 12.5 Å². The van der Waals surface area contributed by atoms with Gasteiger partial charge in [-0.25, -0.2) is 0 Å². The molecule has 90 valence electrons. The molecule has 3 N–H and O–H groups in total. The van der Waals surface area contributed by atoms with Crippen molar-refractivity contribution < 1.29 is 4.42 Å². The second-order valence-corrected chi connectivity index (χ2v) is 4.80. The van der Waals surface area contributed by atoms with E-state index in [2.05, 4.69) is 26.1 Å². The number of rotatable bonds is 2. The van der Waals surface area contributed by atoms with E-state index in [9.17, 15) is 0 Å². The number of hydrogen-bond donors (Lipinski definition) is 2. The highest BCUT2D eigenvalue weighted by Gasteiger charge is 2.15. The summed E-state index contributed by atoms with van der Waals surface area (Å²) < 4.78 is 6.09. The molecule has 0 aliphatic carbocycles. The monoisotopic (exact) mass is 303 g/mol. The fourth-order valence-electron chi connectivity index (χ4n) is 1.91. The molecule has 1 aromatic carbocycles. The molecule has 0 unspecified atom stereocenters. The Kier molecular flexibility index (Phi) is 2.68. The number of benzene rings is 1. The van der Waals surface area contributed by atoms with E-state index in [1.807, 2.05) is 30.3 Å². The molecule has 0 amide bonds. The van der Waals surface area contributed by atoms with Gasteiger partial charge in [0.1, 0.15) is 0 Å². The van der Waals surface area contributed by atoms with Crippen LogP contribution in [0.4, 0.5) is 5.82 Å². The van der Waals surface area contributed by atoms with Gasteiger partial charge in [-0.1, -0.05) is 28.1 Å². The van der Waals surface area contributed by atoms with Crippen molar-refractivity contribution in [2.75, 3.05) is 5.73 Å². The molecule has 0 saturated carbocycles. The summed E-state index contributed by atoms with van der Waals surface area (Å²) in [7, 11) is 0. The average Bonchev–Trinajstić information content (AvgIpc) is 2.97. The molecular weight excluding hydrogens is 294 g/mol. The maximum Gasteiger partial charge on any atom is 0.153 e. The van der Waals surface area contributed by atoms with E-state index in [0.717, 1.165) is 26.9 Å². The normalized spacial score (nSPS) is 10.7. The highest BCUT2D eigenvalue weighted by molar-refractivity contribution is 9.10. The fraction of sp³-hybridized carbons (Fsp3) is 0. The van der Waals surface area contributed by atoms with Gasteiger partial charge >= 0.3 is 0 Å². The number of halogens is 1. The number of nitrogens with two attached hydrogens (primary N) is 1. The Morgan fingerprint density at radius 1 is 1.22 bits per heavy atom. The van der Waals surface area contributed by atoms with Crippen molar-refractivity contribution in [1.29, 1.82) is 0 Å². The lowest BCUT2D eigenvalue weighted by atomic mass is 10.0. The molecule has 0 aliphatic heterocycles. The molecule has 5 heteroatoms. The average molecular weight is 304 g/mol. The minimum absolute atomic E-state index is 0.476. The largest absolute Gasteiger partial charge is 0.472 e. The zero-order chi connectivity index (χ0) is 12.5. The predicted molar refractivity (Wildman–Crippen MR) is 73.8 cm³/mol. The van der Waals surface area contributed by atoms with Crippen LogP contribution in [0.2, 0.25) is 0 Å². The molecule has 0 fully saturated rings. The molecule has 3 aromatic rings. The summed E-state index contributed by atoms with van der Waals surface area (Å²) in [4.78, 5) is 0. The summed E-state index contributed by atoms with van der Waals surface area (Å²) in [5.74, 6) is 0.476. The molecule has 0 saturated heterocycles. The van der Waals surface area contributed by atoms with Crippen LogP contribution in [0.5, 0.6) is 0 Å². The lowest BCUT2D eigenvalue weighted by molar-refractivity contribution is 0.568. The molecule has 0 radical (unpaired) electrons. The van der Waals surface area contributed by atoms with Crippen LogP contribution < -0.4 is 5.73 Å². The van der Waals surface area contributed by atoms with Crippen LogP contribution in [-0.2, 0) is 0 Å². The first-order chi connectivity index (χ1) is 8.75. The molecule has 0 aliphatic rings. The van der Waals surface area contributed by atoms with E-state index < -0.39 is 0 Å². The van der Waals surface area contributed by atoms with Gasteiger partial charge in [0.2, 0.25) is 0 Å². The van der Waals surface area contributed by atoms with Crippen LogP contribution in [0, 0.1) is 0 Å². The van der Waals surface area contributed by atoms with Crippen molar-refractivity contribution in [1.82, 2.24) is 10.2 Å². The van der Waals surface area contributed by atoms with Gasteiger partial charge < -0.3 is 10.2 Å². The first kappa shape index (κ1) is 11.1. The minimum Gasteiger partial charge on any atom is -0.472 e. The van der Waals surface area contributed by atoms with Crippen LogP contribution in [0.1, 0.15) is 0 Å². The zero-order valence-corrected chi connectivity index (χ0v) is 10.9. The zero-order valence-electron chi connectivity index (χ0n) is 9.35. The van der Waals surface area contributed by atoms with E-state index in [-0.39, 0.29) is 0 Å². The molecule has 4 nitrogen and oxygen atoms in total. The lowest BCUT2D eigenvalue weighted by Gasteiger charge is -2.03. The maximum atomic E-state index is 5.94. The van der Waals surface area contributed by atoms with Crippen molar-refractivity contribution in [3.05, 3.63) is 47.3 Å². The van der Waals surface area contributed by atoms with Gasteiger partial charge in [0, 0.05) is 10.0 Å². The molecular formula is C13H10BrN3O. The standard InChI is InChI=1S/C13H10BrN3O/c14-10-3-1-2-8(6-10)11-12(16-17-13(11)15)9-4-5-18-7-9/h1-7H,(H3,15,16,17). The number of hydrogen-bond acceptors (Lipinski definition) is 3. The first-order valence-electron chi connectivity index (χ1n) is 5.38. The molecule has 0 atom stereocenters. The minimum atomic E-state index is 0.476. The Balaban J connectivity index is 2.20. The SMILES string of the molecule is Nc1n[nH]c(-c2ccoc2)c1-c1cccc(Br)c1. The van der Waals surface area contributed by atoms with Crippen LogP contribution in [0.25, 0.3) is 22.4 Å². The Morgan fingerprint density at radius 2 is 2.11 bits per heavy atom. The Morgan fingerprint density at radius 3 is 2.83 bits per heavy atom. The molecule has 2 heterocycles. The van der Waals surface area contributed by atoms with E-state index >= 15 is 0 Å². The number of nitrogen functional groups attached to an aromatic ring is 1. The van der Waals surface area contributed by atoms with Crippen molar-refractivity contribution in [2.45, 2.75) is 0 Å². The van der Waals surface area contributed by atoms with Crippen molar-refractivity contribution in [2.24, 2.45) is 0 Å². The van der Waals surface area contributed by atoms with Gasteiger partial charge in [-0.2, -0.15) is 5.10 Å². The first-order valence-corrected chi connectivity index (χ1v) is 6.17. The van der Waals surface area contributed by atoms with E-state index in [1.165, 1.54) is 0 Å². The van der Waals surface area contributed by atoms with Gasteiger partial charge in [0.25, 0.3) is 0 Å². The van der Waals surface area contributed by atoms with Crippen LogP contribution in [0.3, 0.4) is 0 Å². The third kappa shape index (κ3) is 1.82. The smallest absolute Gasteiger partial charge is 0.153 e. The summed E-state index contributed by atoms with van der Waals surface area (Å²) in [6.45, 7) is 0. The quantitative estimate of drug-likeness (QED) is 0.759. The maximum absolute atomic E-state index is 5.94. The predicted octanol–water partition coefficient (Wildman–Crippen LogP) is 3.68. The third-order valence-electron chi connectivity index (χ3n) is 2.72. The molecule has 2 aromatic heterocycles. The number of nitrogens with zero attached hydrogens (tertiary/aromatic N) is 1. The van der Waals surface area contributed by atoms with Gasteiger partial charge in [-0.15, -0.1) is 0 Å². The number of anilines is 1. The summed E-state index contributed by atoms with van der Waals surface area (Å²) in [5, 5.41) is 7.02. The Hall–Kier alpha value is -2.01. The third-order valence-corrected chi connectivity index (χ3v) is 3.21. The summed E-state index contributed by atoms with van der Waals surface area (Å²) >= 11 is 3.46. The number of aromatic amines is 1. The Bertz CT molecular complexity index is 673. The van der Waals surface area contributed by atoms with Gasteiger partial charge in [0.05, 0.1) is 23.8 Å². The van der Waals surface area contributed by atoms with Gasteiger partial charge in [-0.3, -0.25) is 5.10 Å². The van der Waals surface area contributed by atoms with E-state index in [4.69, 9.17) is 10.2 Å². The summed E-state index contributed by atoms with van der Waals surface area (Å²) in [6, 6.07) is 9.80. The number of aromatic nitrogens is 2. The number of nitrogens with one attached hydrogen (secondary N) is 1. The van der Waals surface area contributed by atoms with Crippen molar-refractivity contribution in [3.63, 3.8) is 0 Å². The highest BCUT2D eigenvalue weighted by atomic mass is 79.9. The van der Waals surface area contributed by atoms with Crippen LogP contribution in [-0.4, -0.2) is 10.2 Å². The molecule has 0 spiro atoms. The van der Waals surface area contributed by atoms with E-state index in [0.29, 0.717) is 5.82 Å². The molecule has 18 heavy (non-hydrogen) atoms. The molecule has 3 rings (SSSR count). The van der Waals surface area contributed by atoms with Crippen molar-refractivity contribution in [3.8, 4) is 22.4 Å². The van der Waals surface area contributed by atoms with Gasteiger partial charge in [-0.05, 0) is 23.8 Å². The fourth-order valence-corrected chi connectivity index (χ4v) is 2.31. The van der Waals surface area contributed by atoms with Crippen molar-refractivity contribution >= 4 is 21.7 Å². The number of furan rings is 1. The summed E-state index contributed by atoms with van der Waals surface area (Å²) in [6.07, 6.45) is 3.28. The summed E-state index contributed by atoms with van der Waals surface area (Å²) in [5.41, 5.74) is 9.62. The number of H-pyrrole nitrogens is 1. The second kappa shape index (κ2) is 4.34. The lowest BCUT2D eigenvalue weighted by Crippen LogP contribution is -1.88. The highest BCUT2D eigenvalue weighted by Crippen LogP contribution is 2.35. The Labute approximate surface area is 112 Å². The van der Waals surface area contributed by atoms with Crippen LogP contribution >= 0.6 is 15.9 Å². The molecule has 0 bridgehead atoms. The van der Waals surface area contributed by atoms with Gasteiger partial charge in [0.15, 0.2) is 5.82 Å². The topological polar surface area (TPSA) is 67.8 Å².